The summed E-state index contributed by atoms with van der Waals surface area (Å²) in [5.41, 5.74) is 2.36. The number of fused-ring (bicyclic) bond motifs is 3. The topological polar surface area (TPSA) is 83.4 Å². The summed E-state index contributed by atoms with van der Waals surface area (Å²) in [6, 6.07) is 10.1. The van der Waals surface area contributed by atoms with Crippen molar-refractivity contribution in [3.05, 3.63) is 59.0 Å². The fraction of sp³-hybridized carbons (Fsp3) is 0.393. The molecule has 3 aromatic rings. The van der Waals surface area contributed by atoms with Gasteiger partial charge < -0.3 is 15.2 Å². The van der Waals surface area contributed by atoms with Crippen molar-refractivity contribution in [3.8, 4) is 0 Å². The Bertz CT molecular complexity index is 1410. The summed E-state index contributed by atoms with van der Waals surface area (Å²) in [7, 11) is 0. The van der Waals surface area contributed by atoms with Crippen molar-refractivity contribution in [2.45, 2.75) is 71.5 Å². The van der Waals surface area contributed by atoms with Crippen molar-refractivity contribution >= 4 is 40.0 Å². The van der Waals surface area contributed by atoms with Gasteiger partial charge in [0, 0.05) is 24.0 Å². The second-order valence-electron chi connectivity index (χ2n) is 10.3. The Hall–Kier alpha value is -3.68. The van der Waals surface area contributed by atoms with Gasteiger partial charge in [-0.2, -0.15) is 0 Å². The lowest BCUT2D eigenvalue weighted by Crippen LogP contribution is -2.65. The first-order valence-corrected chi connectivity index (χ1v) is 12.4. The fourth-order valence-corrected chi connectivity index (χ4v) is 5.74. The summed E-state index contributed by atoms with van der Waals surface area (Å²) in [5, 5.41) is 6.37. The van der Waals surface area contributed by atoms with Gasteiger partial charge in [-0.1, -0.05) is 30.5 Å². The standard InChI is InChI=1S/C28H31FN4O3/c1-16-9-11-22(17(2)13-16)33-26(35)25-24(30-18(3)34)21-14-19(29)10-12-23(21)32(25)15-28(33,4)27(36)31-20-7-5-6-8-20/h9-14,20H,5-8,15H2,1-4H3,(H,30,34)(H,31,36)/t28-/m1/s1. The first-order valence-electron chi connectivity index (χ1n) is 12.4. The van der Waals surface area contributed by atoms with Crippen LogP contribution >= 0.6 is 0 Å². The highest BCUT2D eigenvalue weighted by molar-refractivity contribution is 6.20. The van der Waals surface area contributed by atoms with Crippen LogP contribution in [0.4, 0.5) is 15.8 Å². The number of hydrogen-bond donors (Lipinski definition) is 2. The number of aryl methyl sites for hydroxylation is 2. The predicted molar refractivity (Wildman–Crippen MR) is 138 cm³/mol. The summed E-state index contributed by atoms with van der Waals surface area (Å²) >= 11 is 0. The number of benzene rings is 2. The molecule has 0 bridgehead atoms. The monoisotopic (exact) mass is 490 g/mol. The average Bonchev–Trinajstić information content (AvgIpc) is 3.41. The number of aromatic nitrogens is 1. The van der Waals surface area contributed by atoms with Gasteiger partial charge in [-0.15, -0.1) is 0 Å². The number of amides is 3. The van der Waals surface area contributed by atoms with E-state index in [1.807, 2.05) is 32.0 Å². The molecule has 2 heterocycles. The van der Waals surface area contributed by atoms with E-state index in [2.05, 4.69) is 10.6 Å². The van der Waals surface area contributed by atoms with Gasteiger partial charge in [0.15, 0.2) is 0 Å². The third-order valence-electron chi connectivity index (χ3n) is 7.46. The van der Waals surface area contributed by atoms with Crippen LogP contribution < -0.4 is 15.5 Å². The van der Waals surface area contributed by atoms with E-state index in [1.165, 1.54) is 19.1 Å². The van der Waals surface area contributed by atoms with E-state index in [0.717, 1.165) is 36.8 Å². The molecule has 7 nitrogen and oxygen atoms in total. The molecule has 1 saturated carbocycles. The number of rotatable bonds is 4. The molecule has 2 aliphatic rings. The Balaban J connectivity index is 1.74. The molecule has 36 heavy (non-hydrogen) atoms. The molecule has 1 aliphatic carbocycles. The Kier molecular flexibility index (Phi) is 5.85. The molecule has 5 rings (SSSR count). The number of halogens is 1. The largest absolute Gasteiger partial charge is 0.351 e. The van der Waals surface area contributed by atoms with Crippen LogP contribution in [-0.2, 0) is 16.1 Å². The Morgan fingerprint density at radius 3 is 2.47 bits per heavy atom. The van der Waals surface area contributed by atoms with Gasteiger partial charge in [-0.3, -0.25) is 19.3 Å². The summed E-state index contributed by atoms with van der Waals surface area (Å²) < 4.78 is 16.0. The average molecular weight is 491 g/mol. The van der Waals surface area contributed by atoms with E-state index in [1.54, 1.807) is 22.5 Å². The number of carbonyl (C=O) groups is 3. The molecular weight excluding hydrogens is 459 g/mol. The molecule has 1 fully saturated rings. The molecule has 0 unspecified atom stereocenters. The number of nitrogens with one attached hydrogen (secondary N) is 2. The van der Waals surface area contributed by atoms with Crippen LogP contribution in [0.3, 0.4) is 0 Å². The minimum Gasteiger partial charge on any atom is -0.351 e. The summed E-state index contributed by atoms with van der Waals surface area (Å²) in [6.45, 7) is 7.18. The van der Waals surface area contributed by atoms with E-state index >= 15 is 0 Å². The molecule has 0 spiro atoms. The van der Waals surface area contributed by atoms with Crippen LogP contribution in [0.5, 0.6) is 0 Å². The third kappa shape index (κ3) is 3.85. The molecule has 8 heteroatoms. The zero-order valence-corrected chi connectivity index (χ0v) is 21.1. The minimum atomic E-state index is -1.25. The summed E-state index contributed by atoms with van der Waals surface area (Å²) in [5.74, 6) is -1.48. The fourth-order valence-electron chi connectivity index (χ4n) is 5.74. The van der Waals surface area contributed by atoms with Crippen LogP contribution in [0.1, 0.15) is 61.1 Å². The lowest BCUT2D eigenvalue weighted by Gasteiger charge is -2.45. The Labute approximate surface area is 209 Å². The first kappa shape index (κ1) is 24.0. The van der Waals surface area contributed by atoms with Crippen LogP contribution in [0.15, 0.2) is 36.4 Å². The number of nitrogens with zero attached hydrogens (tertiary/aromatic N) is 2. The Morgan fingerprint density at radius 1 is 1.08 bits per heavy atom. The zero-order chi connectivity index (χ0) is 25.8. The van der Waals surface area contributed by atoms with Gasteiger partial charge in [0.1, 0.15) is 17.1 Å². The van der Waals surface area contributed by atoms with Gasteiger partial charge in [0.25, 0.3) is 5.91 Å². The maximum absolute atomic E-state index is 14.3. The highest BCUT2D eigenvalue weighted by Crippen LogP contribution is 2.42. The van der Waals surface area contributed by atoms with E-state index in [4.69, 9.17) is 0 Å². The normalized spacial score (nSPS) is 20.0. The van der Waals surface area contributed by atoms with E-state index < -0.39 is 17.3 Å². The number of hydrogen-bond acceptors (Lipinski definition) is 3. The van der Waals surface area contributed by atoms with Crippen molar-refractivity contribution < 1.29 is 18.8 Å². The van der Waals surface area contributed by atoms with Crippen molar-refractivity contribution in [2.75, 3.05) is 10.2 Å². The molecule has 0 saturated heterocycles. The molecule has 1 aromatic heterocycles. The van der Waals surface area contributed by atoms with Gasteiger partial charge in [-0.05, 0) is 63.4 Å². The first-order chi connectivity index (χ1) is 17.1. The highest BCUT2D eigenvalue weighted by atomic mass is 19.1. The molecule has 3 amide bonds. The maximum Gasteiger partial charge on any atom is 0.278 e. The molecule has 0 radical (unpaired) electrons. The van der Waals surface area contributed by atoms with Gasteiger partial charge >= 0.3 is 0 Å². The number of carbonyl (C=O) groups excluding carboxylic acids is 3. The molecule has 188 valence electrons. The number of anilines is 2. The van der Waals surface area contributed by atoms with Gasteiger partial charge in [0.05, 0.1) is 17.7 Å². The quantitative estimate of drug-likeness (QED) is 0.549. The van der Waals surface area contributed by atoms with E-state index in [9.17, 15) is 18.8 Å². The van der Waals surface area contributed by atoms with E-state index in [0.29, 0.717) is 16.6 Å². The zero-order valence-electron chi connectivity index (χ0n) is 21.1. The van der Waals surface area contributed by atoms with Crippen molar-refractivity contribution in [1.29, 1.82) is 0 Å². The van der Waals surface area contributed by atoms with Gasteiger partial charge in [-0.25, -0.2) is 4.39 Å². The molecule has 1 atom stereocenters. The second kappa shape index (κ2) is 8.76. The molecule has 2 aromatic carbocycles. The lowest BCUT2D eigenvalue weighted by molar-refractivity contribution is -0.127. The second-order valence-corrected chi connectivity index (χ2v) is 10.3. The predicted octanol–water partition coefficient (Wildman–Crippen LogP) is 4.83. The van der Waals surface area contributed by atoms with E-state index in [-0.39, 0.29) is 35.8 Å². The van der Waals surface area contributed by atoms with Crippen LogP contribution in [0, 0.1) is 19.7 Å². The highest BCUT2D eigenvalue weighted by Gasteiger charge is 2.50. The molecule has 2 N–H and O–H groups in total. The van der Waals surface area contributed by atoms with Crippen LogP contribution in [0.2, 0.25) is 0 Å². The molecular formula is C28H31FN4O3. The van der Waals surface area contributed by atoms with Gasteiger partial charge in [0.2, 0.25) is 11.8 Å². The van der Waals surface area contributed by atoms with Crippen LogP contribution in [-0.4, -0.2) is 33.9 Å². The summed E-state index contributed by atoms with van der Waals surface area (Å²) in [4.78, 5) is 41.9. The van der Waals surface area contributed by atoms with Crippen molar-refractivity contribution in [1.82, 2.24) is 9.88 Å². The minimum absolute atomic E-state index is 0.0808. The SMILES string of the molecule is CC(=O)Nc1c2n(c3ccc(F)cc13)C[C@](C)(C(=O)NC1CCCC1)N(c1ccc(C)cc1C)C2=O. The maximum atomic E-state index is 14.3. The van der Waals surface area contributed by atoms with Crippen molar-refractivity contribution in [2.24, 2.45) is 0 Å². The molecule has 1 aliphatic heterocycles. The van der Waals surface area contributed by atoms with Crippen LogP contribution in [0.25, 0.3) is 10.9 Å². The third-order valence-corrected chi connectivity index (χ3v) is 7.46. The van der Waals surface area contributed by atoms with Crippen molar-refractivity contribution in [3.63, 3.8) is 0 Å². The lowest BCUT2D eigenvalue weighted by atomic mass is 9.92. The summed E-state index contributed by atoms with van der Waals surface area (Å²) in [6.07, 6.45) is 3.98. The Morgan fingerprint density at radius 2 is 1.81 bits per heavy atom. The smallest absolute Gasteiger partial charge is 0.278 e.